The molecule has 0 aliphatic heterocycles. The number of anilines is 2. The highest BCUT2D eigenvalue weighted by Gasteiger charge is 2.31. The first kappa shape index (κ1) is 16.6. The van der Waals surface area contributed by atoms with E-state index in [0.29, 0.717) is 13.0 Å². The first-order valence-corrected chi connectivity index (χ1v) is 6.57. The third kappa shape index (κ3) is 5.24. The van der Waals surface area contributed by atoms with Crippen molar-refractivity contribution in [3.05, 3.63) is 17.7 Å². The predicted molar refractivity (Wildman–Crippen MR) is 72.8 cm³/mol. The number of aliphatic hydroxyl groups is 1. The van der Waals surface area contributed by atoms with Crippen molar-refractivity contribution in [2.75, 3.05) is 23.8 Å². The summed E-state index contributed by atoms with van der Waals surface area (Å²) in [5, 5.41) is 14.5. The number of nitrogens with one attached hydrogen (secondary N) is 2. The second-order valence-electron chi connectivity index (χ2n) is 4.61. The quantitative estimate of drug-likeness (QED) is 0.722. The summed E-state index contributed by atoms with van der Waals surface area (Å²) >= 11 is 0. The highest BCUT2D eigenvalue weighted by molar-refractivity contribution is 5.50. The molecule has 0 radical (unpaired) electrons. The van der Waals surface area contributed by atoms with Gasteiger partial charge < -0.3 is 15.7 Å². The van der Waals surface area contributed by atoms with E-state index < -0.39 is 11.7 Å². The monoisotopic (exact) mass is 291 g/mol. The van der Waals surface area contributed by atoms with Gasteiger partial charge in [-0.05, 0) is 31.9 Å². The lowest BCUT2D eigenvalue weighted by molar-refractivity contribution is -0.137. The molecule has 114 valence electrons. The van der Waals surface area contributed by atoms with Gasteiger partial charge in [0.15, 0.2) is 0 Å². The molecule has 0 aliphatic rings. The van der Waals surface area contributed by atoms with Gasteiger partial charge in [-0.2, -0.15) is 13.2 Å². The molecular formula is C13H20F3N3O. The van der Waals surface area contributed by atoms with E-state index in [-0.39, 0.29) is 24.3 Å². The number of rotatable bonds is 7. The fourth-order valence-corrected chi connectivity index (χ4v) is 1.63. The minimum atomic E-state index is -4.41. The molecule has 0 amide bonds. The largest absolute Gasteiger partial charge is 0.416 e. The number of aliphatic hydroxyl groups excluding tert-OH is 1. The van der Waals surface area contributed by atoms with Crippen LogP contribution in [0.3, 0.4) is 0 Å². The van der Waals surface area contributed by atoms with Crippen LogP contribution in [0.4, 0.5) is 24.8 Å². The van der Waals surface area contributed by atoms with E-state index in [1.807, 2.05) is 6.92 Å². The summed E-state index contributed by atoms with van der Waals surface area (Å²) in [6.07, 6.45) is -3.18. The highest BCUT2D eigenvalue weighted by atomic mass is 19.4. The minimum absolute atomic E-state index is 0.0337. The van der Waals surface area contributed by atoms with Crippen molar-refractivity contribution >= 4 is 11.6 Å². The van der Waals surface area contributed by atoms with Crippen molar-refractivity contribution in [1.82, 2.24) is 4.98 Å². The standard InChI is InChI=1S/C13H20F3N3O/c1-3-5-17-11-7-10(13(14,15)16)8-12(19-11)18-9(2)4-6-20/h7-9,20H,3-6H2,1-2H3,(H2,17,18,19). The Bertz CT molecular complexity index is 424. The van der Waals surface area contributed by atoms with E-state index in [4.69, 9.17) is 5.11 Å². The molecule has 0 saturated carbocycles. The summed E-state index contributed by atoms with van der Waals surface area (Å²) in [4.78, 5) is 4.10. The van der Waals surface area contributed by atoms with Crippen LogP contribution in [0.1, 0.15) is 32.3 Å². The normalized spacial score (nSPS) is 13.1. The molecule has 1 unspecified atom stereocenters. The van der Waals surface area contributed by atoms with Crippen LogP contribution in [0.5, 0.6) is 0 Å². The van der Waals surface area contributed by atoms with Crippen LogP contribution >= 0.6 is 0 Å². The Kier molecular flexibility index (Phi) is 6.06. The fraction of sp³-hybridized carbons (Fsp3) is 0.615. The van der Waals surface area contributed by atoms with Gasteiger partial charge in [-0.15, -0.1) is 0 Å². The number of hydrogen-bond donors (Lipinski definition) is 3. The van der Waals surface area contributed by atoms with Crippen LogP contribution in [0.2, 0.25) is 0 Å². The molecule has 3 N–H and O–H groups in total. The van der Waals surface area contributed by atoms with E-state index in [0.717, 1.165) is 18.6 Å². The maximum Gasteiger partial charge on any atom is 0.416 e. The lowest BCUT2D eigenvalue weighted by Crippen LogP contribution is -2.19. The molecular weight excluding hydrogens is 271 g/mol. The van der Waals surface area contributed by atoms with E-state index >= 15 is 0 Å². The molecule has 0 aliphatic carbocycles. The molecule has 1 atom stereocenters. The average Bonchev–Trinajstić information content (AvgIpc) is 2.35. The van der Waals surface area contributed by atoms with E-state index in [1.54, 1.807) is 6.92 Å². The zero-order valence-corrected chi connectivity index (χ0v) is 11.6. The minimum Gasteiger partial charge on any atom is -0.396 e. The number of alkyl halides is 3. The van der Waals surface area contributed by atoms with Gasteiger partial charge in [0.25, 0.3) is 0 Å². The van der Waals surface area contributed by atoms with E-state index in [1.165, 1.54) is 0 Å². The number of hydrogen-bond acceptors (Lipinski definition) is 4. The number of nitrogens with zero attached hydrogens (tertiary/aromatic N) is 1. The Morgan fingerprint density at radius 2 is 1.95 bits per heavy atom. The molecule has 4 nitrogen and oxygen atoms in total. The summed E-state index contributed by atoms with van der Waals surface area (Å²) < 4.78 is 38.5. The maximum absolute atomic E-state index is 12.8. The molecule has 1 aromatic heterocycles. The lowest BCUT2D eigenvalue weighted by Gasteiger charge is -2.17. The Morgan fingerprint density at radius 1 is 1.30 bits per heavy atom. The number of pyridine rings is 1. The third-order valence-electron chi connectivity index (χ3n) is 2.67. The smallest absolute Gasteiger partial charge is 0.396 e. The lowest BCUT2D eigenvalue weighted by atomic mass is 10.2. The molecule has 1 rings (SSSR count). The van der Waals surface area contributed by atoms with Gasteiger partial charge in [-0.1, -0.05) is 6.92 Å². The summed E-state index contributed by atoms with van der Waals surface area (Å²) in [7, 11) is 0. The van der Waals surface area contributed by atoms with Crippen molar-refractivity contribution in [2.24, 2.45) is 0 Å². The Hall–Kier alpha value is -1.50. The SMILES string of the molecule is CCCNc1cc(C(F)(F)F)cc(NC(C)CCO)n1. The number of halogens is 3. The zero-order chi connectivity index (χ0) is 15.2. The van der Waals surface area contributed by atoms with Crippen molar-refractivity contribution in [3.63, 3.8) is 0 Å². The van der Waals surface area contributed by atoms with Crippen LogP contribution in [0.15, 0.2) is 12.1 Å². The van der Waals surface area contributed by atoms with Crippen molar-refractivity contribution in [3.8, 4) is 0 Å². The summed E-state index contributed by atoms with van der Waals surface area (Å²) in [5.74, 6) is 0.347. The van der Waals surface area contributed by atoms with Gasteiger partial charge in [0.2, 0.25) is 0 Å². The number of aromatic nitrogens is 1. The Morgan fingerprint density at radius 3 is 2.50 bits per heavy atom. The Balaban J connectivity index is 2.97. The first-order chi connectivity index (χ1) is 9.36. The molecule has 20 heavy (non-hydrogen) atoms. The van der Waals surface area contributed by atoms with Gasteiger partial charge in [-0.25, -0.2) is 4.98 Å². The molecule has 0 bridgehead atoms. The molecule has 0 aromatic carbocycles. The molecule has 1 heterocycles. The molecule has 0 spiro atoms. The van der Waals surface area contributed by atoms with Crippen molar-refractivity contribution < 1.29 is 18.3 Å². The third-order valence-corrected chi connectivity index (χ3v) is 2.67. The molecule has 1 aromatic rings. The second kappa shape index (κ2) is 7.33. The van der Waals surface area contributed by atoms with Gasteiger partial charge in [0, 0.05) is 19.2 Å². The van der Waals surface area contributed by atoms with E-state index in [9.17, 15) is 13.2 Å². The molecule has 7 heteroatoms. The maximum atomic E-state index is 12.8. The summed E-state index contributed by atoms with van der Waals surface area (Å²) in [6, 6.07) is 1.82. The summed E-state index contributed by atoms with van der Waals surface area (Å²) in [5.41, 5.74) is -0.746. The van der Waals surface area contributed by atoms with Gasteiger partial charge in [0.05, 0.1) is 5.56 Å². The van der Waals surface area contributed by atoms with Gasteiger partial charge in [-0.3, -0.25) is 0 Å². The Labute approximate surface area is 116 Å². The molecule has 0 fully saturated rings. The van der Waals surface area contributed by atoms with Crippen LogP contribution in [0, 0.1) is 0 Å². The van der Waals surface area contributed by atoms with Crippen molar-refractivity contribution in [1.29, 1.82) is 0 Å². The first-order valence-electron chi connectivity index (χ1n) is 6.57. The van der Waals surface area contributed by atoms with Crippen LogP contribution < -0.4 is 10.6 Å². The average molecular weight is 291 g/mol. The molecule has 0 saturated heterocycles. The van der Waals surface area contributed by atoms with Crippen LogP contribution in [-0.4, -0.2) is 29.3 Å². The van der Waals surface area contributed by atoms with Gasteiger partial charge in [0.1, 0.15) is 11.6 Å². The topological polar surface area (TPSA) is 57.2 Å². The van der Waals surface area contributed by atoms with E-state index in [2.05, 4.69) is 15.6 Å². The second-order valence-corrected chi connectivity index (χ2v) is 4.61. The van der Waals surface area contributed by atoms with Crippen molar-refractivity contribution in [2.45, 2.75) is 38.9 Å². The van der Waals surface area contributed by atoms with Crippen LogP contribution in [-0.2, 0) is 6.18 Å². The van der Waals surface area contributed by atoms with Crippen LogP contribution in [0.25, 0.3) is 0 Å². The highest BCUT2D eigenvalue weighted by Crippen LogP contribution is 2.32. The van der Waals surface area contributed by atoms with Gasteiger partial charge >= 0.3 is 6.18 Å². The zero-order valence-electron chi connectivity index (χ0n) is 11.6. The fourth-order valence-electron chi connectivity index (χ4n) is 1.63. The summed E-state index contributed by atoms with van der Waals surface area (Å²) in [6.45, 7) is 4.22. The predicted octanol–water partition coefficient (Wildman–Crippen LogP) is 3.11.